The Morgan fingerprint density at radius 2 is 1.80 bits per heavy atom. The van der Waals surface area contributed by atoms with Gasteiger partial charge in [0, 0.05) is 16.6 Å². The summed E-state index contributed by atoms with van der Waals surface area (Å²) in [5.41, 5.74) is 2.37. The van der Waals surface area contributed by atoms with Crippen LogP contribution in [0, 0.1) is 0 Å². The number of rotatable bonds is 5. The normalized spacial score (nSPS) is 13.9. The Labute approximate surface area is 129 Å². The molecule has 0 aliphatic rings. The van der Waals surface area contributed by atoms with Gasteiger partial charge < -0.3 is 10.4 Å². The van der Waals surface area contributed by atoms with Crippen LogP contribution in [0.2, 0.25) is 0 Å². The van der Waals surface area contributed by atoms with Gasteiger partial charge in [-0.2, -0.15) is 0 Å². The molecule has 0 aliphatic carbocycles. The van der Waals surface area contributed by atoms with E-state index in [1.165, 1.54) is 5.56 Å². The van der Waals surface area contributed by atoms with Gasteiger partial charge in [-0.05, 0) is 48.7 Å². The van der Waals surface area contributed by atoms with Crippen molar-refractivity contribution in [2.75, 3.05) is 0 Å². The van der Waals surface area contributed by atoms with Gasteiger partial charge in [0.2, 0.25) is 0 Å². The number of aromatic hydroxyl groups is 1. The number of benzene rings is 2. The maximum atomic E-state index is 9.57. The standard InChI is InChI=1S/C17H20BrNO/c1-3-17(14-7-4-8-15(18)10-14)19-12(2)13-6-5-9-16(20)11-13/h4-12,17,19-20H,3H2,1-2H3. The topological polar surface area (TPSA) is 32.3 Å². The molecule has 0 heterocycles. The molecule has 2 atom stereocenters. The number of hydrogen-bond donors (Lipinski definition) is 2. The molecule has 0 aromatic heterocycles. The highest BCUT2D eigenvalue weighted by molar-refractivity contribution is 9.10. The van der Waals surface area contributed by atoms with Gasteiger partial charge in [0.25, 0.3) is 0 Å². The zero-order valence-corrected chi connectivity index (χ0v) is 13.4. The van der Waals surface area contributed by atoms with E-state index in [0.717, 1.165) is 16.5 Å². The number of phenols is 1. The number of hydrogen-bond acceptors (Lipinski definition) is 2. The van der Waals surface area contributed by atoms with Gasteiger partial charge in [-0.1, -0.05) is 47.1 Å². The highest BCUT2D eigenvalue weighted by atomic mass is 79.9. The third-order valence-corrected chi connectivity index (χ3v) is 3.97. The van der Waals surface area contributed by atoms with Crippen molar-refractivity contribution in [3.8, 4) is 5.75 Å². The highest BCUT2D eigenvalue weighted by Gasteiger charge is 2.14. The van der Waals surface area contributed by atoms with Gasteiger partial charge in [0.1, 0.15) is 5.75 Å². The van der Waals surface area contributed by atoms with Crippen LogP contribution >= 0.6 is 15.9 Å². The van der Waals surface area contributed by atoms with Crippen molar-refractivity contribution < 1.29 is 5.11 Å². The highest BCUT2D eigenvalue weighted by Crippen LogP contribution is 2.25. The summed E-state index contributed by atoms with van der Waals surface area (Å²) in [5, 5.41) is 13.2. The third kappa shape index (κ3) is 3.84. The Bertz CT molecular complexity index is 570. The zero-order valence-electron chi connectivity index (χ0n) is 11.8. The molecule has 2 aromatic carbocycles. The molecule has 3 heteroatoms. The van der Waals surface area contributed by atoms with E-state index in [1.54, 1.807) is 6.07 Å². The lowest BCUT2D eigenvalue weighted by Crippen LogP contribution is -2.24. The maximum Gasteiger partial charge on any atom is 0.115 e. The molecule has 0 saturated heterocycles. The lowest BCUT2D eigenvalue weighted by molar-refractivity contribution is 0.449. The molecule has 0 bridgehead atoms. The van der Waals surface area contributed by atoms with Gasteiger partial charge in [-0.3, -0.25) is 0 Å². The van der Waals surface area contributed by atoms with E-state index in [1.807, 2.05) is 24.3 Å². The molecule has 106 valence electrons. The first kappa shape index (κ1) is 15.1. The van der Waals surface area contributed by atoms with Gasteiger partial charge >= 0.3 is 0 Å². The number of phenolic OH excluding ortho intramolecular Hbond substituents is 1. The molecule has 0 radical (unpaired) electrons. The summed E-state index contributed by atoms with van der Waals surface area (Å²) in [6.07, 6.45) is 1.01. The molecule has 2 rings (SSSR count). The van der Waals surface area contributed by atoms with E-state index in [2.05, 4.69) is 53.3 Å². The smallest absolute Gasteiger partial charge is 0.115 e. The van der Waals surface area contributed by atoms with E-state index < -0.39 is 0 Å². The second kappa shape index (κ2) is 6.91. The summed E-state index contributed by atoms with van der Waals surface area (Å²) >= 11 is 3.52. The monoisotopic (exact) mass is 333 g/mol. The molecule has 2 nitrogen and oxygen atoms in total. The summed E-state index contributed by atoms with van der Waals surface area (Å²) in [6.45, 7) is 4.29. The van der Waals surface area contributed by atoms with Crippen LogP contribution in [-0.4, -0.2) is 5.11 Å². The predicted molar refractivity (Wildman–Crippen MR) is 86.8 cm³/mol. The molecule has 0 spiro atoms. The lowest BCUT2D eigenvalue weighted by Gasteiger charge is -2.23. The molecular weight excluding hydrogens is 314 g/mol. The number of nitrogens with one attached hydrogen (secondary N) is 1. The summed E-state index contributed by atoms with van der Waals surface area (Å²) in [7, 11) is 0. The maximum absolute atomic E-state index is 9.57. The van der Waals surface area contributed by atoms with Gasteiger partial charge in [0.05, 0.1) is 0 Å². The van der Waals surface area contributed by atoms with Crippen molar-refractivity contribution in [1.29, 1.82) is 0 Å². The van der Waals surface area contributed by atoms with E-state index in [0.29, 0.717) is 11.8 Å². The summed E-state index contributed by atoms with van der Waals surface area (Å²) in [6, 6.07) is 16.3. The minimum absolute atomic E-state index is 0.186. The van der Waals surface area contributed by atoms with Gasteiger partial charge in [-0.15, -0.1) is 0 Å². The summed E-state index contributed by atoms with van der Waals surface area (Å²) in [4.78, 5) is 0. The first-order valence-corrected chi connectivity index (χ1v) is 7.70. The first-order valence-electron chi connectivity index (χ1n) is 6.90. The molecular formula is C17H20BrNO. The average Bonchev–Trinajstić information content (AvgIpc) is 2.44. The second-order valence-electron chi connectivity index (χ2n) is 5.00. The minimum Gasteiger partial charge on any atom is -0.508 e. The molecule has 0 aliphatic heterocycles. The van der Waals surface area contributed by atoms with Crippen molar-refractivity contribution >= 4 is 15.9 Å². The Kier molecular flexibility index (Phi) is 5.21. The quantitative estimate of drug-likeness (QED) is 0.810. The van der Waals surface area contributed by atoms with Crippen LogP contribution in [0.4, 0.5) is 0 Å². The fourth-order valence-electron chi connectivity index (χ4n) is 2.37. The van der Waals surface area contributed by atoms with E-state index in [-0.39, 0.29) is 6.04 Å². The first-order chi connectivity index (χ1) is 9.60. The fraction of sp³-hybridized carbons (Fsp3) is 0.294. The molecule has 20 heavy (non-hydrogen) atoms. The van der Waals surface area contributed by atoms with Crippen LogP contribution in [0.3, 0.4) is 0 Å². The van der Waals surface area contributed by atoms with Crippen LogP contribution in [0.15, 0.2) is 53.0 Å². The Morgan fingerprint density at radius 3 is 2.45 bits per heavy atom. The second-order valence-corrected chi connectivity index (χ2v) is 5.91. The van der Waals surface area contributed by atoms with Crippen LogP contribution in [0.5, 0.6) is 5.75 Å². The molecule has 0 saturated carbocycles. The van der Waals surface area contributed by atoms with E-state index in [9.17, 15) is 5.11 Å². The summed E-state index contributed by atoms with van der Waals surface area (Å²) < 4.78 is 1.10. The zero-order chi connectivity index (χ0) is 14.5. The molecule has 2 N–H and O–H groups in total. The molecule has 2 aromatic rings. The third-order valence-electron chi connectivity index (χ3n) is 3.48. The van der Waals surface area contributed by atoms with Gasteiger partial charge in [0.15, 0.2) is 0 Å². The van der Waals surface area contributed by atoms with E-state index >= 15 is 0 Å². The van der Waals surface area contributed by atoms with Crippen molar-refractivity contribution in [3.05, 3.63) is 64.1 Å². The van der Waals surface area contributed by atoms with Gasteiger partial charge in [-0.25, -0.2) is 0 Å². The SMILES string of the molecule is CCC(NC(C)c1cccc(O)c1)c1cccc(Br)c1. The van der Waals surface area contributed by atoms with Crippen LogP contribution in [-0.2, 0) is 0 Å². The Hall–Kier alpha value is -1.32. The predicted octanol–water partition coefficient (Wildman–Crippen LogP) is 4.96. The molecule has 2 unspecified atom stereocenters. The van der Waals surface area contributed by atoms with Crippen molar-refractivity contribution in [2.45, 2.75) is 32.4 Å². The summed E-state index contributed by atoms with van der Waals surface area (Å²) in [5.74, 6) is 0.312. The largest absolute Gasteiger partial charge is 0.508 e. The van der Waals surface area contributed by atoms with Crippen LogP contribution in [0.1, 0.15) is 43.5 Å². The molecule has 0 amide bonds. The average molecular weight is 334 g/mol. The van der Waals surface area contributed by atoms with Crippen LogP contribution in [0.25, 0.3) is 0 Å². The molecule has 0 fully saturated rings. The van der Waals surface area contributed by atoms with Crippen LogP contribution < -0.4 is 5.32 Å². The van der Waals surface area contributed by atoms with E-state index in [4.69, 9.17) is 0 Å². The fourth-order valence-corrected chi connectivity index (χ4v) is 2.78. The Morgan fingerprint density at radius 1 is 1.10 bits per heavy atom. The van der Waals surface area contributed by atoms with Crippen molar-refractivity contribution in [1.82, 2.24) is 5.32 Å². The lowest BCUT2D eigenvalue weighted by atomic mass is 10.0. The van der Waals surface area contributed by atoms with Crippen molar-refractivity contribution in [3.63, 3.8) is 0 Å². The Balaban J connectivity index is 2.14. The number of halogens is 1. The van der Waals surface area contributed by atoms with Crippen molar-refractivity contribution in [2.24, 2.45) is 0 Å². The minimum atomic E-state index is 0.186.